The van der Waals surface area contributed by atoms with Crippen LogP contribution in [-0.4, -0.2) is 4.89 Å². The van der Waals surface area contributed by atoms with Crippen molar-refractivity contribution >= 4 is 26.7 Å². The van der Waals surface area contributed by atoms with Crippen LogP contribution < -0.4 is 10.6 Å². The third kappa shape index (κ3) is 2.63. The first-order chi connectivity index (χ1) is 7.42. The highest BCUT2D eigenvalue weighted by atomic mass is 32.1. The fourth-order valence-electron chi connectivity index (χ4n) is 1.42. The molecule has 0 bridgehead atoms. The lowest BCUT2D eigenvalue weighted by atomic mass is 10.4. The molecule has 1 unspecified atom stereocenters. The minimum Gasteiger partial charge on any atom is -0.372 e. The van der Waals surface area contributed by atoms with Gasteiger partial charge in [0.1, 0.15) is 0 Å². The van der Waals surface area contributed by atoms with Crippen LogP contribution in [0.4, 0.5) is 0 Å². The largest absolute Gasteiger partial charge is 0.372 e. The summed E-state index contributed by atoms with van der Waals surface area (Å²) in [4.78, 5) is 9.49. The summed E-state index contributed by atoms with van der Waals surface area (Å²) < 4.78 is 0. The lowest BCUT2D eigenvalue weighted by molar-refractivity contribution is 0.659. The molecule has 2 rings (SSSR count). The predicted molar refractivity (Wildman–Crippen MR) is 69.6 cm³/mol. The smallest absolute Gasteiger partial charge is 0.0442 e. The zero-order valence-electron chi connectivity index (χ0n) is 8.17. The normalized spacial score (nSPS) is 11.3. The van der Waals surface area contributed by atoms with Crippen molar-refractivity contribution in [2.75, 3.05) is 0 Å². The maximum atomic E-state index is 9.49. The third-order valence-electron chi connectivity index (χ3n) is 2.13. The Bertz CT molecular complexity index is 363. The van der Waals surface area contributed by atoms with Crippen molar-refractivity contribution in [2.24, 2.45) is 0 Å². The predicted octanol–water partition coefficient (Wildman–Crippen LogP) is 2.62. The number of hydrogen-bond donors (Lipinski definition) is 1. The molecular formula is C12H12OP2. The van der Waals surface area contributed by atoms with Gasteiger partial charge in [0.2, 0.25) is 0 Å². The van der Waals surface area contributed by atoms with Crippen LogP contribution in [0.1, 0.15) is 0 Å². The summed E-state index contributed by atoms with van der Waals surface area (Å²) in [5.41, 5.74) is 0. The van der Waals surface area contributed by atoms with E-state index in [1.165, 1.54) is 10.6 Å². The molecule has 76 valence electrons. The molecule has 0 aliphatic heterocycles. The molecule has 0 saturated carbocycles. The molecule has 2 aromatic carbocycles. The van der Waals surface area contributed by atoms with E-state index in [4.69, 9.17) is 0 Å². The zero-order chi connectivity index (χ0) is 10.5. The maximum Gasteiger partial charge on any atom is 0.0442 e. The molecule has 0 spiro atoms. The Morgan fingerprint density at radius 2 is 1.13 bits per heavy atom. The summed E-state index contributed by atoms with van der Waals surface area (Å²) in [7, 11) is -0.597. The Morgan fingerprint density at radius 3 is 1.47 bits per heavy atom. The van der Waals surface area contributed by atoms with Gasteiger partial charge in [0.05, 0.1) is 0 Å². The van der Waals surface area contributed by atoms with Gasteiger partial charge < -0.3 is 4.89 Å². The standard InChI is InChI=1S/C12H12OP2/c13-14-15(11-7-3-1-4-8-11)12-9-5-2-6-10-12/h1-10,13-14H. The molecule has 0 radical (unpaired) electrons. The lowest BCUT2D eigenvalue weighted by Gasteiger charge is -2.14. The molecule has 1 N–H and O–H groups in total. The van der Waals surface area contributed by atoms with Crippen LogP contribution >= 0.6 is 16.1 Å². The summed E-state index contributed by atoms with van der Waals surface area (Å²) in [5, 5.41) is 2.47. The maximum absolute atomic E-state index is 9.49. The van der Waals surface area contributed by atoms with Gasteiger partial charge >= 0.3 is 0 Å². The quantitative estimate of drug-likeness (QED) is 0.809. The Kier molecular flexibility index (Phi) is 3.86. The van der Waals surface area contributed by atoms with E-state index in [2.05, 4.69) is 24.3 Å². The van der Waals surface area contributed by atoms with Crippen LogP contribution in [0, 0.1) is 0 Å². The molecule has 0 aromatic heterocycles. The second-order valence-corrected chi connectivity index (χ2v) is 6.95. The molecule has 0 saturated heterocycles. The summed E-state index contributed by atoms with van der Waals surface area (Å²) in [6, 6.07) is 20.4. The van der Waals surface area contributed by atoms with Crippen LogP contribution in [0.2, 0.25) is 0 Å². The van der Waals surface area contributed by atoms with Crippen molar-refractivity contribution in [1.82, 2.24) is 0 Å². The molecule has 1 atom stereocenters. The Labute approximate surface area is 92.7 Å². The lowest BCUT2D eigenvalue weighted by Crippen LogP contribution is -2.07. The summed E-state index contributed by atoms with van der Waals surface area (Å²) in [6.07, 6.45) is 0. The molecule has 15 heavy (non-hydrogen) atoms. The van der Waals surface area contributed by atoms with Gasteiger partial charge in [-0.25, -0.2) is 0 Å². The molecule has 3 heteroatoms. The van der Waals surface area contributed by atoms with Gasteiger partial charge in [-0.1, -0.05) is 60.7 Å². The topological polar surface area (TPSA) is 20.2 Å². The van der Waals surface area contributed by atoms with Crippen molar-refractivity contribution in [2.45, 2.75) is 0 Å². The van der Waals surface area contributed by atoms with E-state index in [0.717, 1.165) is 0 Å². The zero-order valence-corrected chi connectivity index (χ0v) is 10.1. The average molecular weight is 234 g/mol. The number of hydrogen-bond acceptors (Lipinski definition) is 1. The highest BCUT2D eigenvalue weighted by Gasteiger charge is 2.11. The summed E-state index contributed by atoms with van der Waals surface area (Å²) in [6.45, 7) is 0. The average Bonchev–Trinajstić information content (AvgIpc) is 2.33. The van der Waals surface area contributed by atoms with Crippen LogP contribution in [0.3, 0.4) is 0 Å². The highest BCUT2D eigenvalue weighted by Crippen LogP contribution is 2.50. The van der Waals surface area contributed by atoms with Crippen molar-refractivity contribution in [3.63, 3.8) is 0 Å². The van der Waals surface area contributed by atoms with Crippen LogP contribution in [-0.2, 0) is 0 Å². The minimum absolute atomic E-state index is 0.0314. The van der Waals surface area contributed by atoms with Gasteiger partial charge in [-0.3, -0.25) is 0 Å². The van der Waals surface area contributed by atoms with Crippen LogP contribution in [0.15, 0.2) is 60.7 Å². The number of benzene rings is 2. The molecular weight excluding hydrogens is 222 g/mol. The van der Waals surface area contributed by atoms with E-state index in [1.54, 1.807) is 0 Å². The van der Waals surface area contributed by atoms with Gasteiger partial charge in [0.15, 0.2) is 0 Å². The van der Waals surface area contributed by atoms with Crippen molar-refractivity contribution < 1.29 is 4.89 Å². The van der Waals surface area contributed by atoms with Crippen LogP contribution in [0.5, 0.6) is 0 Å². The SMILES string of the molecule is OPP(c1ccccc1)c1ccccc1. The second kappa shape index (κ2) is 5.37. The van der Waals surface area contributed by atoms with E-state index in [1.807, 2.05) is 36.4 Å². The van der Waals surface area contributed by atoms with Gasteiger partial charge in [0, 0.05) is 16.1 Å². The molecule has 0 heterocycles. The second-order valence-electron chi connectivity index (χ2n) is 3.11. The molecule has 0 aliphatic carbocycles. The fourth-order valence-corrected chi connectivity index (χ4v) is 4.48. The number of rotatable bonds is 3. The fraction of sp³-hybridized carbons (Fsp3) is 0. The van der Waals surface area contributed by atoms with Gasteiger partial charge in [0.25, 0.3) is 0 Å². The first kappa shape index (κ1) is 10.8. The van der Waals surface area contributed by atoms with Gasteiger partial charge in [-0.15, -0.1) is 0 Å². The Hall–Kier alpha value is -0.740. The molecule has 1 nitrogen and oxygen atoms in total. The van der Waals surface area contributed by atoms with Crippen LogP contribution in [0.25, 0.3) is 0 Å². The molecule has 0 amide bonds. The first-order valence-corrected chi connectivity index (χ1v) is 7.85. The van der Waals surface area contributed by atoms with Crippen molar-refractivity contribution in [1.29, 1.82) is 0 Å². The Morgan fingerprint density at radius 1 is 0.733 bits per heavy atom. The first-order valence-electron chi connectivity index (χ1n) is 4.72. The van der Waals surface area contributed by atoms with Gasteiger partial charge in [-0.2, -0.15) is 0 Å². The molecule has 0 aliphatic rings. The van der Waals surface area contributed by atoms with Crippen molar-refractivity contribution in [3.05, 3.63) is 60.7 Å². The van der Waals surface area contributed by atoms with Gasteiger partial charge in [-0.05, 0) is 10.6 Å². The van der Waals surface area contributed by atoms with E-state index in [-0.39, 0.29) is 8.50 Å². The van der Waals surface area contributed by atoms with E-state index >= 15 is 0 Å². The monoisotopic (exact) mass is 234 g/mol. The molecule has 2 aromatic rings. The Balaban J connectivity index is 2.34. The molecule has 0 fully saturated rings. The van der Waals surface area contributed by atoms with E-state index < -0.39 is 7.61 Å². The van der Waals surface area contributed by atoms with Crippen molar-refractivity contribution in [3.8, 4) is 0 Å². The minimum atomic E-state index is -0.565. The highest BCUT2D eigenvalue weighted by molar-refractivity contribution is 8.26. The summed E-state index contributed by atoms with van der Waals surface area (Å²) >= 11 is 0. The van der Waals surface area contributed by atoms with E-state index in [0.29, 0.717) is 0 Å². The van der Waals surface area contributed by atoms with E-state index in [9.17, 15) is 4.89 Å². The third-order valence-corrected chi connectivity index (χ3v) is 6.11. The summed E-state index contributed by atoms with van der Waals surface area (Å²) in [5.74, 6) is 0.